The minimum absolute atomic E-state index is 0.0299. The van der Waals surface area contributed by atoms with E-state index in [1.54, 1.807) is 0 Å². The van der Waals surface area contributed by atoms with E-state index in [0.717, 1.165) is 32.4 Å². The second-order valence-electron chi connectivity index (χ2n) is 5.82. The summed E-state index contributed by atoms with van der Waals surface area (Å²) in [7, 11) is 0. The summed E-state index contributed by atoms with van der Waals surface area (Å²) in [6.45, 7) is 1.53. The van der Waals surface area contributed by atoms with Gasteiger partial charge in [0.15, 0.2) is 0 Å². The summed E-state index contributed by atoms with van der Waals surface area (Å²) < 4.78 is 0. The minimum Gasteiger partial charge on any atom is -0.355 e. The molecule has 3 heteroatoms. The van der Waals surface area contributed by atoms with E-state index in [1.807, 2.05) is 0 Å². The van der Waals surface area contributed by atoms with Crippen molar-refractivity contribution in [3.8, 4) is 0 Å². The molecule has 1 atom stereocenters. The summed E-state index contributed by atoms with van der Waals surface area (Å²) in [4.78, 5) is 11.5. The lowest BCUT2D eigenvalue weighted by Gasteiger charge is -2.10. The summed E-state index contributed by atoms with van der Waals surface area (Å²) in [5, 5.41) is 6.16. The van der Waals surface area contributed by atoms with Gasteiger partial charge in [0.05, 0.1) is 6.04 Å². The molecule has 0 spiro atoms. The van der Waals surface area contributed by atoms with Gasteiger partial charge in [-0.05, 0) is 36.0 Å². The Hall–Kier alpha value is -2.13. The number of rotatable bonds is 6. The van der Waals surface area contributed by atoms with E-state index in [4.69, 9.17) is 0 Å². The molecule has 2 aromatic rings. The highest BCUT2D eigenvalue weighted by Crippen LogP contribution is 2.10. The largest absolute Gasteiger partial charge is 0.355 e. The maximum Gasteiger partial charge on any atom is 0.237 e. The monoisotopic (exact) mass is 294 g/mol. The lowest BCUT2D eigenvalue weighted by atomic mass is 10.0. The summed E-state index contributed by atoms with van der Waals surface area (Å²) in [5.41, 5.74) is 3.95. The molecule has 1 aliphatic rings. The molecular weight excluding hydrogens is 272 g/mol. The third kappa shape index (κ3) is 3.95. The number of nitrogens with one attached hydrogen (secondary N) is 2. The van der Waals surface area contributed by atoms with Crippen LogP contribution in [-0.2, 0) is 24.2 Å². The first-order valence-electron chi connectivity index (χ1n) is 7.94. The fraction of sp³-hybridized carbons (Fsp3) is 0.316. The number of aryl methyl sites for hydroxylation is 2. The third-order valence-corrected chi connectivity index (χ3v) is 4.17. The maximum atomic E-state index is 11.5. The van der Waals surface area contributed by atoms with Gasteiger partial charge in [-0.3, -0.25) is 4.79 Å². The van der Waals surface area contributed by atoms with Crippen LogP contribution in [0.25, 0.3) is 0 Å². The van der Waals surface area contributed by atoms with Gasteiger partial charge in [0, 0.05) is 13.1 Å². The van der Waals surface area contributed by atoms with Crippen LogP contribution in [-0.4, -0.2) is 18.5 Å². The van der Waals surface area contributed by atoms with Crippen molar-refractivity contribution in [2.24, 2.45) is 0 Å². The van der Waals surface area contributed by atoms with Crippen LogP contribution in [0.5, 0.6) is 0 Å². The highest BCUT2D eigenvalue weighted by Gasteiger charge is 2.22. The number of carbonyl (C=O) groups excluding carboxylic acids is 1. The number of hydrogen-bond donors (Lipinski definition) is 2. The second-order valence-corrected chi connectivity index (χ2v) is 5.82. The lowest BCUT2D eigenvalue weighted by Crippen LogP contribution is -2.35. The average Bonchev–Trinajstić information content (AvgIpc) is 2.98. The van der Waals surface area contributed by atoms with Gasteiger partial charge in [-0.15, -0.1) is 0 Å². The van der Waals surface area contributed by atoms with Crippen molar-refractivity contribution in [1.82, 2.24) is 10.6 Å². The summed E-state index contributed by atoms with van der Waals surface area (Å²) in [6.07, 6.45) is 3.01. The molecule has 114 valence electrons. The Balaban J connectivity index is 1.48. The zero-order valence-corrected chi connectivity index (χ0v) is 12.7. The third-order valence-electron chi connectivity index (χ3n) is 4.17. The van der Waals surface area contributed by atoms with E-state index in [9.17, 15) is 4.79 Å². The average molecular weight is 294 g/mol. The molecule has 0 radical (unpaired) electrons. The molecule has 2 N–H and O–H groups in total. The lowest BCUT2D eigenvalue weighted by molar-refractivity contribution is -0.120. The number of benzene rings is 2. The van der Waals surface area contributed by atoms with Crippen molar-refractivity contribution < 1.29 is 4.79 Å². The van der Waals surface area contributed by atoms with E-state index >= 15 is 0 Å². The summed E-state index contributed by atoms with van der Waals surface area (Å²) in [5.74, 6) is 0.125. The SMILES string of the molecule is O=C1NCCC1NCc1ccc(CCc2ccccc2)cc1. The quantitative estimate of drug-likeness (QED) is 0.859. The fourth-order valence-corrected chi connectivity index (χ4v) is 2.79. The summed E-state index contributed by atoms with van der Waals surface area (Å²) >= 11 is 0. The van der Waals surface area contributed by atoms with Gasteiger partial charge >= 0.3 is 0 Å². The number of hydrogen-bond acceptors (Lipinski definition) is 2. The van der Waals surface area contributed by atoms with Gasteiger partial charge in [0.2, 0.25) is 5.91 Å². The Morgan fingerprint density at radius 2 is 1.55 bits per heavy atom. The maximum absolute atomic E-state index is 11.5. The molecule has 1 fully saturated rings. The Kier molecular flexibility index (Phi) is 4.86. The van der Waals surface area contributed by atoms with E-state index < -0.39 is 0 Å². The van der Waals surface area contributed by atoms with Crippen molar-refractivity contribution in [3.63, 3.8) is 0 Å². The van der Waals surface area contributed by atoms with Crippen LogP contribution in [0.15, 0.2) is 54.6 Å². The molecule has 3 nitrogen and oxygen atoms in total. The van der Waals surface area contributed by atoms with Crippen LogP contribution in [0.3, 0.4) is 0 Å². The molecule has 0 bridgehead atoms. The van der Waals surface area contributed by atoms with Gasteiger partial charge in [-0.1, -0.05) is 54.6 Å². The molecule has 1 unspecified atom stereocenters. The van der Waals surface area contributed by atoms with Crippen LogP contribution in [0.2, 0.25) is 0 Å². The van der Waals surface area contributed by atoms with Crippen molar-refractivity contribution in [2.45, 2.75) is 31.8 Å². The van der Waals surface area contributed by atoms with E-state index in [0.29, 0.717) is 0 Å². The minimum atomic E-state index is -0.0299. The molecule has 0 aromatic heterocycles. The van der Waals surface area contributed by atoms with Crippen molar-refractivity contribution in [3.05, 3.63) is 71.3 Å². The Labute approximate surface area is 131 Å². The molecule has 1 amide bonds. The van der Waals surface area contributed by atoms with Gasteiger partial charge in [-0.2, -0.15) is 0 Å². The molecule has 22 heavy (non-hydrogen) atoms. The van der Waals surface area contributed by atoms with Crippen molar-refractivity contribution >= 4 is 5.91 Å². The summed E-state index contributed by atoms with van der Waals surface area (Å²) in [6, 6.07) is 19.2. The molecule has 1 heterocycles. The zero-order chi connectivity index (χ0) is 15.2. The van der Waals surface area contributed by atoms with Gasteiger partial charge in [-0.25, -0.2) is 0 Å². The Bertz CT molecular complexity index is 607. The molecule has 3 rings (SSSR count). The highest BCUT2D eigenvalue weighted by atomic mass is 16.2. The standard InChI is InChI=1S/C19H22N2O/c22-19-18(12-13-20-19)21-14-17-10-8-16(9-11-17)7-6-15-4-2-1-3-5-15/h1-5,8-11,18,21H,6-7,12-14H2,(H,20,22). The predicted molar refractivity (Wildman–Crippen MR) is 88.5 cm³/mol. The Morgan fingerprint density at radius 1 is 0.909 bits per heavy atom. The molecule has 0 aliphatic carbocycles. The first kappa shape index (κ1) is 14.8. The van der Waals surface area contributed by atoms with E-state index in [1.165, 1.54) is 16.7 Å². The van der Waals surface area contributed by atoms with Crippen molar-refractivity contribution in [2.75, 3.05) is 6.54 Å². The highest BCUT2D eigenvalue weighted by molar-refractivity contribution is 5.83. The van der Waals surface area contributed by atoms with Crippen LogP contribution >= 0.6 is 0 Å². The number of carbonyl (C=O) groups is 1. The van der Waals surface area contributed by atoms with E-state index in [-0.39, 0.29) is 11.9 Å². The Morgan fingerprint density at radius 3 is 2.18 bits per heavy atom. The van der Waals surface area contributed by atoms with Gasteiger partial charge in [0.1, 0.15) is 0 Å². The van der Waals surface area contributed by atoms with Gasteiger partial charge in [0.25, 0.3) is 0 Å². The molecule has 0 saturated carbocycles. The topological polar surface area (TPSA) is 41.1 Å². The van der Waals surface area contributed by atoms with E-state index in [2.05, 4.69) is 65.2 Å². The molecule has 1 aliphatic heterocycles. The molecule has 1 saturated heterocycles. The smallest absolute Gasteiger partial charge is 0.237 e. The fourth-order valence-electron chi connectivity index (χ4n) is 2.79. The number of amides is 1. The van der Waals surface area contributed by atoms with Crippen LogP contribution in [0, 0.1) is 0 Å². The van der Waals surface area contributed by atoms with Crippen LogP contribution in [0.4, 0.5) is 0 Å². The molecule has 2 aromatic carbocycles. The van der Waals surface area contributed by atoms with Gasteiger partial charge < -0.3 is 10.6 Å². The van der Waals surface area contributed by atoms with Crippen LogP contribution < -0.4 is 10.6 Å². The first-order valence-corrected chi connectivity index (χ1v) is 7.94. The normalized spacial score (nSPS) is 17.5. The second kappa shape index (κ2) is 7.23. The zero-order valence-electron chi connectivity index (χ0n) is 12.7. The first-order chi connectivity index (χ1) is 10.8. The van der Waals surface area contributed by atoms with Crippen molar-refractivity contribution in [1.29, 1.82) is 0 Å². The predicted octanol–water partition coefficient (Wildman–Crippen LogP) is 2.45. The van der Waals surface area contributed by atoms with Crippen LogP contribution in [0.1, 0.15) is 23.1 Å². The molecular formula is C19H22N2O.